The van der Waals surface area contributed by atoms with Crippen LogP contribution < -0.4 is 10.1 Å². The van der Waals surface area contributed by atoms with E-state index in [2.05, 4.69) is 67.1 Å². The number of aromatic nitrogens is 2. The summed E-state index contributed by atoms with van der Waals surface area (Å²) in [6.07, 6.45) is 3.63. The number of fused-ring (bicyclic) bond motifs is 1. The molecule has 3 aromatic carbocycles. The van der Waals surface area contributed by atoms with Crippen molar-refractivity contribution < 1.29 is 4.74 Å². The van der Waals surface area contributed by atoms with E-state index in [1.807, 2.05) is 42.5 Å². The molecule has 1 fully saturated rings. The smallest absolute Gasteiger partial charge is 0.208 e. The number of rotatable bonds is 5. The molecular formula is C28H31N3O. The summed E-state index contributed by atoms with van der Waals surface area (Å²) in [5.41, 5.74) is 3.58. The quantitative estimate of drug-likeness (QED) is 0.352. The van der Waals surface area contributed by atoms with E-state index in [1.54, 1.807) is 0 Å². The average molecular weight is 426 g/mol. The number of para-hydroxylation sites is 3. The average Bonchev–Trinajstić information content (AvgIpc) is 3.12. The molecule has 0 amide bonds. The van der Waals surface area contributed by atoms with E-state index in [-0.39, 0.29) is 0 Å². The summed E-state index contributed by atoms with van der Waals surface area (Å²) < 4.78 is 8.37. The molecule has 0 bridgehead atoms. The summed E-state index contributed by atoms with van der Waals surface area (Å²) >= 11 is 0. The van der Waals surface area contributed by atoms with Crippen LogP contribution in [0.1, 0.15) is 46.1 Å². The topological polar surface area (TPSA) is 39.1 Å². The van der Waals surface area contributed by atoms with Crippen molar-refractivity contribution in [3.05, 3.63) is 78.9 Å². The molecule has 1 aliphatic carbocycles. The van der Waals surface area contributed by atoms with E-state index in [4.69, 9.17) is 9.72 Å². The van der Waals surface area contributed by atoms with Gasteiger partial charge in [-0.25, -0.2) is 4.98 Å². The summed E-state index contributed by atoms with van der Waals surface area (Å²) in [6.45, 7) is 7.17. The van der Waals surface area contributed by atoms with Gasteiger partial charge in [0.05, 0.1) is 11.0 Å². The minimum Gasteiger partial charge on any atom is -0.457 e. The van der Waals surface area contributed by atoms with Crippen LogP contribution in [0.5, 0.6) is 11.5 Å². The molecule has 0 radical (unpaired) electrons. The molecule has 0 aliphatic heterocycles. The monoisotopic (exact) mass is 425 g/mol. The normalized spacial score (nSPS) is 20.2. The van der Waals surface area contributed by atoms with Crippen molar-refractivity contribution >= 4 is 22.7 Å². The van der Waals surface area contributed by atoms with Crippen molar-refractivity contribution in [2.24, 2.45) is 11.3 Å². The Morgan fingerprint density at radius 1 is 0.875 bits per heavy atom. The Morgan fingerprint density at radius 3 is 2.31 bits per heavy atom. The van der Waals surface area contributed by atoms with Crippen molar-refractivity contribution in [1.29, 1.82) is 0 Å². The Hall–Kier alpha value is -3.27. The summed E-state index contributed by atoms with van der Waals surface area (Å²) in [7, 11) is 0. The fourth-order valence-electron chi connectivity index (χ4n) is 5.35. The number of hydrogen-bond acceptors (Lipinski definition) is 3. The Morgan fingerprint density at radius 2 is 1.56 bits per heavy atom. The number of imidazole rings is 1. The molecule has 1 aliphatic rings. The minimum absolute atomic E-state index is 0.335. The van der Waals surface area contributed by atoms with E-state index in [0.29, 0.717) is 17.4 Å². The lowest BCUT2D eigenvalue weighted by Crippen LogP contribution is -2.29. The second-order valence-corrected chi connectivity index (χ2v) is 9.93. The molecule has 164 valence electrons. The second-order valence-electron chi connectivity index (χ2n) is 9.93. The lowest BCUT2D eigenvalue weighted by Gasteiger charge is -2.40. The molecule has 5 rings (SSSR count). The van der Waals surface area contributed by atoms with Gasteiger partial charge in [0.2, 0.25) is 5.95 Å². The Labute approximate surface area is 190 Å². The van der Waals surface area contributed by atoms with Crippen molar-refractivity contribution in [2.45, 2.75) is 46.1 Å². The van der Waals surface area contributed by atoms with E-state index < -0.39 is 0 Å². The van der Waals surface area contributed by atoms with Crippen molar-refractivity contribution in [1.82, 2.24) is 9.55 Å². The minimum atomic E-state index is 0.335. The molecule has 1 saturated carbocycles. The van der Waals surface area contributed by atoms with Gasteiger partial charge in [0.1, 0.15) is 11.5 Å². The van der Waals surface area contributed by atoms with Gasteiger partial charge in [-0.2, -0.15) is 0 Å². The van der Waals surface area contributed by atoms with E-state index in [9.17, 15) is 0 Å². The number of anilines is 2. The van der Waals surface area contributed by atoms with Gasteiger partial charge in [0, 0.05) is 11.7 Å². The third kappa shape index (κ3) is 4.36. The highest BCUT2D eigenvalue weighted by Gasteiger charge is 2.34. The molecule has 2 atom stereocenters. The van der Waals surface area contributed by atoms with Gasteiger partial charge >= 0.3 is 0 Å². The first kappa shape index (κ1) is 20.6. The highest BCUT2D eigenvalue weighted by molar-refractivity contribution is 5.80. The molecule has 1 heterocycles. The van der Waals surface area contributed by atoms with Crippen LogP contribution in [0.15, 0.2) is 78.9 Å². The number of nitrogens with one attached hydrogen (secondary N) is 1. The number of hydrogen-bond donors (Lipinski definition) is 1. The first-order valence-electron chi connectivity index (χ1n) is 11.5. The van der Waals surface area contributed by atoms with Gasteiger partial charge in [-0.3, -0.25) is 0 Å². The highest BCUT2D eigenvalue weighted by atomic mass is 16.5. The van der Waals surface area contributed by atoms with Crippen molar-refractivity contribution in [2.75, 3.05) is 5.32 Å². The second kappa shape index (κ2) is 8.34. The molecule has 1 N–H and O–H groups in total. The van der Waals surface area contributed by atoms with E-state index in [0.717, 1.165) is 35.1 Å². The molecule has 4 nitrogen and oxygen atoms in total. The van der Waals surface area contributed by atoms with Gasteiger partial charge in [-0.15, -0.1) is 0 Å². The van der Waals surface area contributed by atoms with Crippen LogP contribution in [-0.2, 0) is 0 Å². The number of ether oxygens (including phenoxy) is 1. The largest absolute Gasteiger partial charge is 0.457 e. The third-order valence-electron chi connectivity index (χ3n) is 6.41. The lowest BCUT2D eigenvalue weighted by atomic mass is 9.70. The maximum absolute atomic E-state index is 5.94. The maximum Gasteiger partial charge on any atom is 0.208 e. The zero-order valence-electron chi connectivity index (χ0n) is 19.1. The Balaban J connectivity index is 1.44. The van der Waals surface area contributed by atoms with Crippen LogP contribution in [0.4, 0.5) is 11.6 Å². The number of nitrogens with zero attached hydrogens (tertiary/aromatic N) is 2. The zero-order valence-corrected chi connectivity index (χ0v) is 19.1. The summed E-state index contributed by atoms with van der Waals surface area (Å²) in [4.78, 5) is 4.97. The number of benzene rings is 3. The molecule has 0 unspecified atom stereocenters. The maximum atomic E-state index is 5.94. The fraction of sp³-hybridized carbons (Fsp3) is 0.321. The van der Waals surface area contributed by atoms with Crippen LogP contribution in [-0.4, -0.2) is 9.55 Å². The first-order chi connectivity index (χ1) is 15.5. The zero-order chi connectivity index (χ0) is 22.1. The predicted octanol–water partition coefficient (Wildman–Crippen LogP) is 7.96. The van der Waals surface area contributed by atoms with Gasteiger partial charge in [-0.05, 0) is 79.1 Å². The van der Waals surface area contributed by atoms with Gasteiger partial charge in [-0.1, -0.05) is 51.1 Å². The van der Waals surface area contributed by atoms with Gasteiger partial charge in [0.25, 0.3) is 0 Å². The molecule has 0 spiro atoms. The Kier molecular flexibility index (Phi) is 5.38. The highest BCUT2D eigenvalue weighted by Crippen LogP contribution is 2.46. The van der Waals surface area contributed by atoms with Gasteiger partial charge in [0.15, 0.2) is 0 Å². The molecular weight excluding hydrogens is 394 g/mol. The fourth-order valence-corrected chi connectivity index (χ4v) is 5.35. The molecule has 32 heavy (non-hydrogen) atoms. The third-order valence-corrected chi connectivity index (χ3v) is 6.41. The molecule has 4 aromatic rings. The van der Waals surface area contributed by atoms with Crippen LogP contribution >= 0.6 is 0 Å². The van der Waals surface area contributed by atoms with Crippen LogP contribution in [0.2, 0.25) is 0 Å². The van der Waals surface area contributed by atoms with Crippen molar-refractivity contribution in [3.8, 4) is 11.5 Å². The Bertz CT molecular complexity index is 1190. The van der Waals surface area contributed by atoms with Gasteiger partial charge < -0.3 is 14.6 Å². The van der Waals surface area contributed by atoms with E-state index in [1.165, 1.54) is 18.4 Å². The van der Waals surface area contributed by atoms with Crippen LogP contribution in [0, 0.1) is 11.3 Å². The SMILES string of the molecule is C[C@H]1C[C@@H](n2c(Nc3ccc(Oc4ccccc4)cc3)nc3ccccc32)CC(C)(C)C1. The summed E-state index contributed by atoms with van der Waals surface area (Å²) in [6, 6.07) is 26.8. The van der Waals surface area contributed by atoms with Crippen LogP contribution in [0.3, 0.4) is 0 Å². The predicted molar refractivity (Wildman–Crippen MR) is 132 cm³/mol. The van der Waals surface area contributed by atoms with Crippen molar-refractivity contribution in [3.63, 3.8) is 0 Å². The lowest BCUT2D eigenvalue weighted by molar-refractivity contribution is 0.140. The standard InChI is InChI=1S/C28H31N3O/c1-20-17-22(19-28(2,3)18-20)31-26-12-8-7-11-25(26)30-27(31)29-21-13-15-24(16-14-21)32-23-9-5-4-6-10-23/h4-16,20,22H,17-19H2,1-3H3,(H,29,30)/t20-,22+/m0/s1. The first-order valence-corrected chi connectivity index (χ1v) is 11.5. The molecule has 1 aromatic heterocycles. The van der Waals surface area contributed by atoms with Crippen LogP contribution in [0.25, 0.3) is 11.0 Å². The van der Waals surface area contributed by atoms with E-state index >= 15 is 0 Å². The molecule has 4 heteroatoms. The summed E-state index contributed by atoms with van der Waals surface area (Å²) in [5, 5.41) is 3.59. The molecule has 0 saturated heterocycles. The summed E-state index contributed by atoms with van der Waals surface area (Å²) in [5.74, 6) is 3.27.